The Morgan fingerprint density at radius 1 is 1.17 bits per heavy atom. The summed E-state index contributed by atoms with van der Waals surface area (Å²) in [5.74, 6) is 0.665. The largest absolute Gasteiger partial charge is 0.342 e. The van der Waals surface area contributed by atoms with Gasteiger partial charge in [0.2, 0.25) is 5.91 Å². The van der Waals surface area contributed by atoms with Gasteiger partial charge in [0.15, 0.2) is 0 Å². The highest BCUT2D eigenvalue weighted by Gasteiger charge is 2.28. The zero-order valence-corrected chi connectivity index (χ0v) is 16.4. The molecule has 0 radical (unpaired) electrons. The normalized spacial score (nSPS) is 16.6. The van der Waals surface area contributed by atoms with Gasteiger partial charge in [-0.25, -0.2) is 14.4 Å². The first-order valence-corrected chi connectivity index (χ1v) is 9.86. The van der Waals surface area contributed by atoms with Crippen LogP contribution in [0.5, 0.6) is 0 Å². The lowest BCUT2D eigenvalue weighted by molar-refractivity contribution is -0.131. The molecule has 1 saturated heterocycles. The van der Waals surface area contributed by atoms with E-state index in [0.717, 1.165) is 47.6 Å². The van der Waals surface area contributed by atoms with Crippen LogP contribution >= 0.6 is 0 Å². The molecule has 3 aromatic rings. The molecule has 1 aromatic carbocycles. The van der Waals surface area contributed by atoms with E-state index in [9.17, 15) is 9.18 Å². The number of amides is 1. The summed E-state index contributed by atoms with van der Waals surface area (Å²) >= 11 is 0. The Hall–Kier alpha value is -3.15. The van der Waals surface area contributed by atoms with Crippen molar-refractivity contribution in [3.63, 3.8) is 0 Å². The molecule has 1 fully saturated rings. The molecule has 2 aromatic heterocycles. The highest BCUT2D eigenvalue weighted by atomic mass is 19.1. The van der Waals surface area contributed by atoms with Gasteiger partial charge in [0, 0.05) is 43.2 Å². The molecule has 0 unspecified atom stereocenters. The van der Waals surface area contributed by atoms with Crippen molar-refractivity contribution in [1.82, 2.24) is 19.9 Å². The minimum Gasteiger partial charge on any atom is -0.342 e. The molecule has 6 heteroatoms. The number of piperidine rings is 1. The molecule has 0 N–H and O–H groups in total. The Balaban J connectivity index is 1.55. The predicted octanol–water partition coefficient (Wildman–Crippen LogP) is 3.93. The van der Waals surface area contributed by atoms with Crippen LogP contribution < -0.4 is 0 Å². The molecule has 29 heavy (non-hydrogen) atoms. The fourth-order valence-electron chi connectivity index (χ4n) is 3.87. The van der Waals surface area contributed by atoms with Gasteiger partial charge in [-0.1, -0.05) is 12.1 Å². The molecular formula is C23H23FN4O. The Bertz CT molecular complexity index is 992. The smallest absolute Gasteiger partial charge is 0.227 e. The van der Waals surface area contributed by atoms with Crippen LogP contribution in [0.25, 0.3) is 11.1 Å². The third kappa shape index (κ3) is 4.47. The van der Waals surface area contributed by atoms with Crippen molar-refractivity contribution in [1.29, 1.82) is 0 Å². The van der Waals surface area contributed by atoms with Gasteiger partial charge in [0.25, 0.3) is 0 Å². The molecule has 4 rings (SSSR count). The van der Waals surface area contributed by atoms with E-state index in [4.69, 9.17) is 4.98 Å². The van der Waals surface area contributed by atoms with E-state index in [1.54, 1.807) is 24.5 Å². The number of halogens is 1. The predicted molar refractivity (Wildman–Crippen MR) is 109 cm³/mol. The maximum Gasteiger partial charge on any atom is 0.227 e. The van der Waals surface area contributed by atoms with Crippen molar-refractivity contribution < 1.29 is 9.18 Å². The SMILES string of the molecule is Cc1ncc(-c2ccncc2)c([C@@H]2CCCN(C(=O)Cc3ccc(F)cc3)C2)n1. The second-order valence-corrected chi connectivity index (χ2v) is 7.43. The second-order valence-electron chi connectivity index (χ2n) is 7.43. The third-order valence-corrected chi connectivity index (χ3v) is 5.36. The number of hydrogen-bond donors (Lipinski definition) is 0. The Morgan fingerprint density at radius 3 is 2.69 bits per heavy atom. The van der Waals surface area contributed by atoms with Gasteiger partial charge in [-0.15, -0.1) is 0 Å². The summed E-state index contributed by atoms with van der Waals surface area (Å²) in [5.41, 5.74) is 3.84. The third-order valence-electron chi connectivity index (χ3n) is 5.36. The summed E-state index contributed by atoms with van der Waals surface area (Å²) in [4.78, 5) is 28.0. The number of nitrogens with zero attached hydrogens (tertiary/aromatic N) is 4. The minimum absolute atomic E-state index is 0.0672. The van der Waals surface area contributed by atoms with Crippen LogP contribution in [0.4, 0.5) is 4.39 Å². The molecule has 1 aliphatic rings. The maximum absolute atomic E-state index is 13.1. The molecule has 148 valence electrons. The number of carbonyl (C=O) groups excluding carboxylic acids is 1. The number of aromatic nitrogens is 3. The number of pyridine rings is 1. The van der Waals surface area contributed by atoms with Gasteiger partial charge in [-0.05, 0) is 55.2 Å². The van der Waals surface area contributed by atoms with Crippen LogP contribution in [0.15, 0.2) is 55.0 Å². The van der Waals surface area contributed by atoms with Crippen molar-refractivity contribution >= 4 is 5.91 Å². The van der Waals surface area contributed by atoms with Gasteiger partial charge >= 0.3 is 0 Å². The van der Waals surface area contributed by atoms with E-state index in [0.29, 0.717) is 6.54 Å². The zero-order chi connectivity index (χ0) is 20.2. The fourth-order valence-corrected chi connectivity index (χ4v) is 3.87. The summed E-state index contributed by atoms with van der Waals surface area (Å²) in [5, 5.41) is 0. The summed E-state index contributed by atoms with van der Waals surface area (Å²) in [6.07, 6.45) is 7.59. The van der Waals surface area contributed by atoms with E-state index in [-0.39, 0.29) is 24.1 Å². The lowest BCUT2D eigenvalue weighted by Gasteiger charge is -2.33. The number of likely N-dealkylation sites (tertiary alicyclic amines) is 1. The van der Waals surface area contributed by atoms with E-state index in [1.807, 2.05) is 30.2 Å². The van der Waals surface area contributed by atoms with Gasteiger partial charge in [-0.2, -0.15) is 0 Å². The average Bonchev–Trinajstić information content (AvgIpc) is 2.76. The Morgan fingerprint density at radius 2 is 1.93 bits per heavy atom. The van der Waals surface area contributed by atoms with Gasteiger partial charge in [0.1, 0.15) is 11.6 Å². The molecule has 0 spiro atoms. The monoisotopic (exact) mass is 390 g/mol. The summed E-state index contributed by atoms with van der Waals surface area (Å²) in [7, 11) is 0. The topological polar surface area (TPSA) is 59.0 Å². The number of aryl methyl sites for hydroxylation is 1. The maximum atomic E-state index is 13.1. The fraction of sp³-hybridized carbons (Fsp3) is 0.304. The molecule has 0 aliphatic carbocycles. The summed E-state index contributed by atoms with van der Waals surface area (Å²) < 4.78 is 13.1. The molecule has 0 bridgehead atoms. The molecule has 1 atom stereocenters. The van der Waals surface area contributed by atoms with Crippen molar-refractivity contribution in [2.24, 2.45) is 0 Å². The second kappa shape index (κ2) is 8.47. The first-order chi connectivity index (χ1) is 14.1. The van der Waals surface area contributed by atoms with Gasteiger partial charge in [-0.3, -0.25) is 9.78 Å². The van der Waals surface area contributed by atoms with Crippen LogP contribution in [-0.4, -0.2) is 38.8 Å². The molecule has 3 heterocycles. The van der Waals surface area contributed by atoms with Crippen molar-refractivity contribution in [3.05, 3.63) is 77.9 Å². The first kappa shape index (κ1) is 19.2. The summed E-state index contributed by atoms with van der Waals surface area (Å²) in [6, 6.07) is 10.0. The highest BCUT2D eigenvalue weighted by Crippen LogP contribution is 2.33. The molecule has 1 aliphatic heterocycles. The van der Waals surface area contributed by atoms with Crippen LogP contribution in [-0.2, 0) is 11.2 Å². The molecule has 5 nitrogen and oxygen atoms in total. The molecule has 1 amide bonds. The molecule has 0 saturated carbocycles. The Labute approximate surface area is 169 Å². The average molecular weight is 390 g/mol. The zero-order valence-electron chi connectivity index (χ0n) is 16.4. The van der Waals surface area contributed by atoms with E-state index in [2.05, 4.69) is 9.97 Å². The highest BCUT2D eigenvalue weighted by molar-refractivity contribution is 5.79. The van der Waals surface area contributed by atoms with E-state index >= 15 is 0 Å². The van der Waals surface area contributed by atoms with Crippen molar-refractivity contribution in [3.8, 4) is 11.1 Å². The minimum atomic E-state index is -0.290. The number of hydrogen-bond acceptors (Lipinski definition) is 4. The lowest BCUT2D eigenvalue weighted by atomic mass is 9.90. The standard InChI is InChI=1S/C23H23FN4O/c1-16-26-14-21(18-8-10-25-11-9-18)23(27-16)19-3-2-12-28(15-19)22(29)13-17-4-6-20(24)7-5-17/h4-11,14,19H,2-3,12-13,15H2,1H3/t19-/m1/s1. The van der Waals surface area contributed by atoms with Crippen molar-refractivity contribution in [2.45, 2.75) is 32.1 Å². The van der Waals surface area contributed by atoms with Gasteiger partial charge in [0.05, 0.1) is 12.1 Å². The Kier molecular flexibility index (Phi) is 5.60. The van der Waals surface area contributed by atoms with E-state index < -0.39 is 0 Å². The lowest BCUT2D eigenvalue weighted by Crippen LogP contribution is -2.40. The number of carbonyl (C=O) groups is 1. The van der Waals surface area contributed by atoms with Crippen LogP contribution in [0, 0.1) is 12.7 Å². The first-order valence-electron chi connectivity index (χ1n) is 9.86. The molecular weight excluding hydrogens is 367 g/mol. The number of rotatable bonds is 4. The van der Waals surface area contributed by atoms with Crippen molar-refractivity contribution in [2.75, 3.05) is 13.1 Å². The van der Waals surface area contributed by atoms with Crippen LogP contribution in [0.1, 0.15) is 35.8 Å². The quantitative estimate of drug-likeness (QED) is 0.677. The van der Waals surface area contributed by atoms with Crippen LogP contribution in [0.2, 0.25) is 0 Å². The summed E-state index contributed by atoms with van der Waals surface area (Å²) in [6.45, 7) is 3.26. The number of benzene rings is 1. The van der Waals surface area contributed by atoms with Gasteiger partial charge < -0.3 is 4.90 Å². The van der Waals surface area contributed by atoms with E-state index in [1.165, 1.54) is 12.1 Å². The van der Waals surface area contributed by atoms with Crippen LogP contribution in [0.3, 0.4) is 0 Å².